The number of piperazine rings is 1. The third-order valence-electron chi connectivity index (χ3n) is 4.33. The van der Waals surface area contributed by atoms with Crippen molar-refractivity contribution in [1.82, 2.24) is 9.80 Å². The maximum absolute atomic E-state index is 12.0. The normalized spacial score (nSPS) is 18.9. The molecule has 1 atom stereocenters. The average Bonchev–Trinajstić information content (AvgIpc) is 3.07. The lowest BCUT2D eigenvalue weighted by Gasteiger charge is -2.41. The molecule has 1 aromatic heterocycles. The Kier molecular flexibility index (Phi) is 4.98. The summed E-state index contributed by atoms with van der Waals surface area (Å²) in [6, 6.07) is 12.4. The Balaban J connectivity index is 1.78. The van der Waals surface area contributed by atoms with Gasteiger partial charge in [0.2, 0.25) is 5.91 Å². The van der Waals surface area contributed by atoms with Gasteiger partial charge in [0.15, 0.2) is 0 Å². The highest BCUT2D eigenvalue weighted by Gasteiger charge is 2.29. The van der Waals surface area contributed by atoms with E-state index in [0.717, 1.165) is 37.5 Å². The van der Waals surface area contributed by atoms with E-state index in [2.05, 4.69) is 34.5 Å². The second-order valence-electron chi connectivity index (χ2n) is 5.82. The van der Waals surface area contributed by atoms with Crippen LogP contribution in [0.15, 0.2) is 41.8 Å². The summed E-state index contributed by atoms with van der Waals surface area (Å²) in [4.78, 5) is 17.8. The van der Waals surface area contributed by atoms with Crippen molar-refractivity contribution < 1.29 is 9.53 Å². The maximum atomic E-state index is 12.0. The Morgan fingerprint density at radius 1 is 1.26 bits per heavy atom. The van der Waals surface area contributed by atoms with Crippen LogP contribution in [0.5, 0.6) is 5.75 Å². The molecule has 1 fully saturated rings. The molecule has 1 saturated heterocycles. The average molecular weight is 330 g/mol. The van der Waals surface area contributed by atoms with Gasteiger partial charge in [-0.1, -0.05) is 18.2 Å². The lowest BCUT2D eigenvalue weighted by molar-refractivity contribution is -0.134. The van der Waals surface area contributed by atoms with Crippen molar-refractivity contribution in [2.75, 3.05) is 26.7 Å². The van der Waals surface area contributed by atoms with Crippen molar-refractivity contribution in [3.05, 3.63) is 52.2 Å². The molecule has 0 saturated carbocycles. The first-order valence-corrected chi connectivity index (χ1v) is 8.71. The van der Waals surface area contributed by atoms with Gasteiger partial charge >= 0.3 is 0 Å². The van der Waals surface area contributed by atoms with Gasteiger partial charge in [0, 0.05) is 38.0 Å². The number of amides is 1. The van der Waals surface area contributed by atoms with E-state index >= 15 is 0 Å². The zero-order chi connectivity index (χ0) is 16.2. The van der Waals surface area contributed by atoms with Crippen LogP contribution in [-0.4, -0.2) is 42.5 Å². The van der Waals surface area contributed by atoms with Crippen LogP contribution in [-0.2, 0) is 11.3 Å². The SMILES string of the molecule is COc1ccc([C@@H]2CN(Cc3cccs3)CCN2C(C)=O)cc1. The molecule has 2 heterocycles. The maximum Gasteiger partial charge on any atom is 0.220 e. The van der Waals surface area contributed by atoms with E-state index in [-0.39, 0.29) is 11.9 Å². The fourth-order valence-electron chi connectivity index (χ4n) is 3.09. The molecule has 0 bridgehead atoms. The van der Waals surface area contributed by atoms with E-state index < -0.39 is 0 Å². The van der Waals surface area contributed by atoms with Crippen LogP contribution >= 0.6 is 11.3 Å². The van der Waals surface area contributed by atoms with Gasteiger partial charge < -0.3 is 9.64 Å². The number of hydrogen-bond acceptors (Lipinski definition) is 4. The molecule has 0 aliphatic carbocycles. The van der Waals surface area contributed by atoms with Gasteiger partial charge in [-0.2, -0.15) is 0 Å². The Labute approximate surface area is 141 Å². The van der Waals surface area contributed by atoms with Crippen LogP contribution in [0.2, 0.25) is 0 Å². The van der Waals surface area contributed by atoms with Crippen LogP contribution in [0.4, 0.5) is 0 Å². The molecule has 1 aliphatic heterocycles. The molecule has 1 amide bonds. The van der Waals surface area contributed by atoms with E-state index in [0.29, 0.717) is 0 Å². The summed E-state index contributed by atoms with van der Waals surface area (Å²) in [5.41, 5.74) is 1.16. The molecule has 0 spiro atoms. The number of methoxy groups -OCH3 is 1. The molecule has 2 aromatic rings. The molecule has 0 N–H and O–H groups in total. The quantitative estimate of drug-likeness (QED) is 0.863. The summed E-state index contributed by atoms with van der Waals surface area (Å²) >= 11 is 1.79. The molecule has 23 heavy (non-hydrogen) atoms. The smallest absolute Gasteiger partial charge is 0.220 e. The summed E-state index contributed by atoms with van der Waals surface area (Å²) in [5, 5.41) is 2.11. The van der Waals surface area contributed by atoms with Crippen molar-refractivity contribution >= 4 is 17.2 Å². The third kappa shape index (κ3) is 3.74. The summed E-state index contributed by atoms with van der Waals surface area (Å²) in [6.07, 6.45) is 0. The molecule has 3 rings (SSSR count). The highest BCUT2D eigenvalue weighted by molar-refractivity contribution is 7.09. The highest BCUT2D eigenvalue weighted by atomic mass is 32.1. The minimum Gasteiger partial charge on any atom is -0.497 e. The minimum absolute atomic E-state index is 0.104. The van der Waals surface area contributed by atoms with Crippen LogP contribution in [0.25, 0.3) is 0 Å². The lowest BCUT2D eigenvalue weighted by Crippen LogP contribution is -2.49. The van der Waals surface area contributed by atoms with Gasteiger partial charge in [-0.15, -0.1) is 11.3 Å². The van der Waals surface area contributed by atoms with Crippen molar-refractivity contribution in [3.63, 3.8) is 0 Å². The summed E-state index contributed by atoms with van der Waals surface area (Å²) in [6.45, 7) is 5.17. The second kappa shape index (κ2) is 7.15. The molecular formula is C18H22N2O2S. The molecule has 4 nitrogen and oxygen atoms in total. The van der Waals surface area contributed by atoms with E-state index in [4.69, 9.17) is 4.74 Å². The predicted octanol–water partition coefficient (Wildman–Crippen LogP) is 3.16. The summed E-state index contributed by atoms with van der Waals surface area (Å²) in [7, 11) is 1.67. The molecular weight excluding hydrogens is 308 g/mol. The number of rotatable bonds is 4. The molecule has 0 unspecified atom stereocenters. The predicted molar refractivity (Wildman–Crippen MR) is 92.7 cm³/mol. The van der Waals surface area contributed by atoms with E-state index in [1.54, 1.807) is 25.4 Å². The third-order valence-corrected chi connectivity index (χ3v) is 5.19. The number of ether oxygens (including phenoxy) is 1. The van der Waals surface area contributed by atoms with E-state index in [1.807, 2.05) is 17.0 Å². The van der Waals surface area contributed by atoms with Crippen LogP contribution in [0, 0.1) is 0 Å². The molecule has 1 aliphatic rings. The number of nitrogens with zero attached hydrogens (tertiary/aromatic N) is 2. The van der Waals surface area contributed by atoms with Crippen molar-refractivity contribution in [2.45, 2.75) is 19.5 Å². The Morgan fingerprint density at radius 3 is 2.65 bits per heavy atom. The fourth-order valence-corrected chi connectivity index (χ4v) is 3.84. The van der Waals surface area contributed by atoms with Crippen LogP contribution in [0.3, 0.4) is 0 Å². The van der Waals surface area contributed by atoms with Gasteiger partial charge in [-0.25, -0.2) is 0 Å². The zero-order valence-corrected chi connectivity index (χ0v) is 14.4. The number of thiophene rings is 1. The van der Waals surface area contributed by atoms with Crippen LogP contribution < -0.4 is 4.74 Å². The fraction of sp³-hybridized carbons (Fsp3) is 0.389. The van der Waals surface area contributed by atoms with Gasteiger partial charge in [0.1, 0.15) is 5.75 Å². The van der Waals surface area contributed by atoms with Crippen LogP contribution in [0.1, 0.15) is 23.4 Å². The molecule has 5 heteroatoms. The second-order valence-corrected chi connectivity index (χ2v) is 6.85. The van der Waals surface area contributed by atoms with Crippen molar-refractivity contribution in [2.24, 2.45) is 0 Å². The van der Waals surface area contributed by atoms with Gasteiger partial charge in [-0.05, 0) is 29.1 Å². The number of benzene rings is 1. The Bertz CT molecular complexity index is 640. The number of carbonyl (C=O) groups is 1. The largest absolute Gasteiger partial charge is 0.497 e. The standard InChI is InChI=1S/C18H22N2O2S/c1-14(21)20-10-9-19(12-17-4-3-11-23-17)13-18(20)15-5-7-16(22-2)8-6-15/h3-8,11,18H,9-10,12-13H2,1-2H3/t18-/m0/s1. The minimum atomic E-state index is 0.104. The lowest BCUT2D eigenvalue weighted by atomic mass is 10.0. The Hall–Kier alpha value is -1.85. The zero-order valence-electron chi connectivity index (χ0n) is 13.6. The molecule has 122 valence electrons. The molecule has 1 aromatic carbocycles. The van der Waals surface area contributed by atoms with Gasteiger partial charge in [0.05, 0.1) is 13.2 Å². The van der Waals surface area contributed by atoms with E-state index in [1.165, 1.54) is 4.88 Å². The monoisotopic (exact) mass is 330 g/mol. The summed E-state index contributed by atoms with van der Waals surface area (Å²) < 4.78 is 5.23. The first-order valence-electron chi connectivity index (χ1n) is 7.83. The van der Waals surface area contributed by atoms with Crippen molar-refractivity contribution in [1.29, 1.82) is 0 Å². The topological polar surface area (TPSA) is 32.8 Å². The van der Waals surface area contributed by atoms with Crippen molar-refractivity contribution in [3.8, 4) is 5.75 Å². The highest BCUT2D eigenvalue weighted by Crippen LogP contribution is 2.28. The summed E-state index contributed by atoms with van der Waals surface area (Å²) in [5.74, 6) is 0.982. The first-order chi connectivity index (χ1) is 11.2. The molecule has 0 radical (unpaired) electrons. The van der Waals surface area contributed by atoms with E-state index in [9.17, 15) is 4.79 Å². The first kappa shape index (κ1) is 16.0. The number of hydrogen-bond donors (Lipinski definition) is 0. The van der Waals surface area contributed by atoms with Gasteiger partial charge in [0.25, 0.3) is 0 Å². The number of carbonyl (C=O) groups excluding carboxylic acids is 1. The van der Waals surface area contributed by atoms with Gasteiger partial charge in [-0.3, -0.25) is 9.69 Å². The Morgan fingerprint density at radius 2 is 2.04 bits per heavy atom.